The predicted molar refractivity (Wildman–Crippen MR) is 52.4 cm³/mol. The largest absolute Gasteiger partial charge is 0.394 e. The van der Waals surface area contributed by atoms with Crippen LogP contribution in [0.1, 0.15) is 26.2 Å². The molecule has 1 heterocycles. The highest BCUT2D eigenvalue weighted by molar-refractivity contribution is 4.95. The molecule has 2 bridgehead atoms. The average molecular weight is 184 g/mol. The van der Waals surface area contributed by atoms with Crippen LogP contribution in [0.2, 0.25) is 0 Å². The van der Waals surface area contributed by atoms with E-state index in [-0.39, 0.29) is 6.61 Å². The minimum Gasteiger partial charge on any atom is -0.394 e. The van der Waals surface area contributed by atoms with E-state index in [1.165, 1.54) is 25.8 Å². The van der Waals surface area contributed by atoms with E-state index in [9.17, 15) is 0 Å². The van der Waals surface area contributed by atoms with Gasteiger partial charge in [0.2, 0.25) is 0 Å². The first-order valence-electron chi connectivity index (χ1n) is 5.24. The highest BCUT2D eigenvalue weighted by Gasteiger charge is 2.39. The quantitative estimate of drug-likeness (QED) is 0.658. The Balaban J connectivity index is 1.89. The van der Waals surface area contributed by atoms with E-state index in [4.69, 9.17) is 10.8 Å². The van der Waals surface area contributed by atoms with Crippen LogP contribution in [-0.2, 0) is 0 Å². The van der Waals surface area contributed by atoms with Crippen molar-refractivity contribution < 1.29 is 5.11 Å². The van der Waals surface area contributed by atoms with Crippen molar-refractivity contribution in [2.45, 2.75) is 37.8 Å². The number of hydrogen-bond acceptors (Lipinski definition) is 3. The molecule has 0 amide bonds. The number of aliphatic hydroxyl groups is 1. The van der Waals surface area contributed by atoms with E-state index in [0.29, 0.717) is 0 Å². The Hall–Kier alpha value is -0.120. The van der Waals surface area contributed by atoms with Crippen LogP contribution in [0.15, 0.2) is 0 Å². The topological polar surface area (TPSA) is 49.5 Å². The summed E-state index contributed by atoms with van der Waals surface area (Å²) in [6.45, 7) is 4.07. The van der Waals surface area contributed by atoms with Crippen LogP contribution in [0.25, 0.3) is 0 Å². The summed E-state index contributed by atoms with van der Waals surface area (Å²) in [5.74, 6) is 0.916. The molecule has 2 fully saturated rings. The van der Waals surface area contributed by atoms with Gasteiger partial charge in [0.25, 0.3) is 0 Å². The highest BCUT2D eigenvalue weighted by atomic mass is 16.3. The zero-order valence-electron chi connectivity index (χ0n) is 8.37. The molecule has 1 saturated carbocycles. The Morgan fingerprint density at radius 1 is 1.54 bits per heavy atom. The molecule has 76 valence electrons. The lowest BCUT2D eigenvalue weighted by Gasteiger charge is -2.33. The number of hydrogen-bond donors (Lipinski definition) is 2. The lowest BCUT2D eigenvalue weighted by atomic mass is 10.0. The van der Waals surface area contributed by atoms with Crippen molar-refractivity contribution in [3.8, 4) is 0 Å². The molecule has 0 aromatic rings. The molecule has 1 aliphatic heterocycles. The lowest BCUT2D eigenvalue weighted by molar-refractivity contribution is 0.126. The molecule has 0 aromatic carbocycles. The van der Waals surface area contributed by atoms with Crippen molar-refractivity contribution in [2.75, 3.05) is 19.7 Å². The van der Waals surface area contributed by atoms with Crippen LogP contribution >= 0.6 is 0 Å². The minimum absolute atomic E-state index is 0.0842. The molecule has 3 nitrogen and oxygen atoms in total. The van der Waals surface area contributed by atoms with Crippen molar-refractivity contribution in [3.05, 3.63) is 0 Å². The Labute approximate surface area is 79.9 Å². The highest BCUT2D eigenvalue weighted by Crippen LogP contribution is 2.37. The molecular formula is C10H20N2O. The molecule has 3 atom stereocenters. The first-order chi connectivity index (χ1) is 6.11. The standard InChI is InChI=1S/C10H20N2O/c1-10(11,7-13)6-12-5-8-2-3-9(12)4-8/h8-9,13H,2-7,11H2,1H3. The first kappa shape index (κ1) is 9.44. The molecule has 13 heavy (non-hydrogen) atoms. The molecule has 0 radical (unpaired) electrons. The summed E-state index contributed by atoms with van der Waals surface area (Å²) in [5.41, 5.74) is 5.52. The van der Waals surface area contributed by atoms with Gasteiger partial charge in [0.1, 0.15) is 0 Å². The number of likely N-dealkylation sites (tertiary alicyclic amines) is 1. The third-order valence-electron chi connectivity index (χ3n) is 3.45. The third kappa shape index (κ3) is 1.87. The van der Waals surface area contributed by atoms with Crippen LogP contribution in [0.4, 0.5) is 0 Å². The monoisotopic (exact) mass is 184 g/mol. The van der Waals surface area contributed by atoms with Gasteiger partial charge in [-0.1, -0.05) is 0 Å². The zero-order chi connectivity index (χ0) is 9.47. The number of aliphatic hydroxyl groups excluding tert-OH is 1. The predicted octanol–water partition coefficient (Wildman–Crippen LogP) is 0.180. The molecule has 3 unspecified atom stereocenters. The van der Waals surface area contributed by atoms with Crippen LogP contribution in [0, 0.1) is 5.92 Å². The maximum absolute atomic E-state index is 9.07. The summed E-state index contributed by atoms with van der Waals surface area (Å²) in [4.78, 5) is 2.46. The fourth-order valence-corrected chi connectivity index (χ4v) is 2.73. The Morgan fingerprint density at radius 3 is 2.77 bits per heavy atom. The fourth-order valence-electron chi connectivity index (χ4n) is 2.73. The summed E-state index contributed by atoms with van der Waals surface area (Å²) in [5, 5.41) is 9.07. The van der Waals surface area contributed by atoms with Gasteiger partial charge in [-0.05, 0) is 32.1 Å². The number of piperidine rings is 1. The van der Waals surface area contributed by atoms with Gasteiger partial charge in [-0.3, -0.25) is 4.90 Å². The normalized spacial score (nSPS) is 38.1. The Bertz CT molecular complexity index is 193. The summed E-state index contributed by atoms with van der Waals surface area (Å²) < 4.78 is 0. The second-order valence-electron chi connectivity index (χ2n) is 5.07. The van der Waals surface area contributed by atoms with Gasteiger partial charge in [0.05, 0.1) is 6.61 Å². The van der Waals surface area contributed by atoms with E-state index in [1.807, 2.05) is 6.92 Å². The lowest BCUT2D eigenvalue weighted by Crippen LogP contribution is -2.52. The summed E-state index contributed by atoms with van der Waals surface area (Å²) in [7, 11) is 0. The first-order valence-corrected chi connectivity index (χ1v) is 5.24. The second-order valence-corrected chi connectivity index (χ2v) is 5.07. The Kier molecular flexibility index (Phi) is 2.34. The van der Waals surface area contributed by atoms with Gasteiger partial charge in [-0.15, -0.1) is 0 Å². The van der Waals surface area contributed by atoms with Crippen molar-refractivity contribution in [3.63, 3.8) is 0 Å². The van der Waals surface area contributed by atoms with E-state index in [1.54, 1.807) is 0 Å². The van der Waals surface area contributed by atoms with E-state index < -0.39 is 5.54 Å². The molecule has 0 aromatic heterocycles. The van der Waals surface area contributed by atoms with Crippen LogP contribution in [-0.4, -0.2) is 41.3 Å². The number of nitrogens with zero attached hydrogens (tertiary/aromatic N) is 1. The third-order valence-corrected chi connectivity index (χ3v) is 3.45. The molecule has 0 spiro atoms. The molecule has 1 aliphatic carbocycles. The summed E-state index contributed by atoms with van der Waals surface area (Å²) in [6.07, 6.45) is 4.11. The van der Waals surface area contributed by atoms with Gasteiger partial charge < -0.3 is 10.8 Å². The van der Waals surface area contributed by atoms with Crippen molar-refractivity contribution >= 4 is 0 Å². The van der Waals surface area contributed by atoms with Crippen molar-refractivity contribution in [1.82, 2.24) is 4.90 Å². The van der Waals surface area contributed by atoms with Gasteiger partial charge >= 0.3 is 0 Å². The average Bonchev–Trinajstić information content (AvgIpc) is 2.64. The smallest absolute Gasteiger partial charge is 0.0621 e. The number of nitrogens with two attached hydrogens (primary N) is 1. The van der Waals surface area contributed by atoms with E-state index >= 15 is 0 Å². The SMILES string of the molecule is CC(N)(CO)CN1CC2CCC1C2. The van der Waals surface area contributed by atoms with E-state index in [0.717, 1.165) is 18.5 Å². The second kappa shape index (κ2) is 3.23. The molecule has 2 rings (SSSR count). The van der Waals surface area contributed by atoms with Gasteiger partial charge in [0.15, 0.2) is 0 Å². The molecule has 3 N–H and O–H groups in total. The minimum atomic E-state index is -0.412. The fraction of sp³-hybridized carbons (Fsp3) is 1.00. The number of rotatable bonds is 3. The van der Waals surface area contributed by atoms with E-state index in [2.05, 4.69) is 4.90 Å². The van der Waals surface area contributed by atoms with Gasteiger partial charge in [-0.2, -0.15) is 0 Å². The van der Waals surface area contributed by atoms with Crippen LogP contribution in [0.5, 0.6) is 0 Å². The zero-order valence-corrected chi connectivity index (χ0v) is 8.37. The summed E-state index contributed by atoms with van der Waals surface area (Å²) >= 11 is 0. The molecule has 3 heteroatoms. The van der Waals surface area contributed by atoms with Crippen molar-refractivity contribution in [1.29, 1.82) is 0 Å². The maximum Gasteiger partial charge on any atom is 0.0621 e. The van der Waals surface area contributed by atoms with Crippen LogP contribution in [0.3, 0.4) is 0 Å². The van der Waals surface area contributed by atoms with Crippen molar-refractivity contribution in [2.24, 2.45) is 11.7 Å². The molecule has 2 aliphatic rings. The Morgan fingerprint density at radius 2 is 2.31 bits per heavy atom. The number of fused-ring (bicyclic) bond motifs is 2. The maximum atomic E-state index is 9.07. The van der Waals surface area contributed by atoms with Gasteiger partial charge in [0, 0.05) is 24.7 Å². The van der Waals surface area contributed by atoms with Crippen LogP contribution < -0.4 is 5.73 Å². The summed E-state index contributed by atoms with van der Waals surface area (Å²) in [6, 6.07) is 0.763. The van der Waals surface area contributed by atoms with Gasteiger partial charge in [-0.25, -0.2) is 0 Å². The molecular weight excluding hydrogens is 164 g/mol. The molecule has 1 saturated heterocycles.